The summed E-state index contributed by atoms with van der Waals surface area (Å²) in [5.74, 6) is 0.611. The maximum Gasteiger partial charge on any atom is 0.275 e. The van der Waals surface area contributed by atoms with E-state index in [4.69, 9.17) is 9.26 Å². The second-order valence-corrected chi connectivity index (χ2v) is 4.70. The van der Waals surface area contributed by atoms with Gasteiger partial charge in [-0.1, -0.05) is 5.16 Å². The van der Waals surface area contributed by atoms with E-state index in [0.717, 1.165) is 12.8 Å². The van der Waals surface area contributed by atoms with Crippen molar-refractivity contribution in [3.05, 3.63) is 17.5 Å². The molecule has 1 amide bonds. The third kappa shape index (κ3) is 3.08. The molecule has 1 atom stereocenters. The molecular weight excluding hydrogens is 236 g/mol. The predicted octanol–water partition coefficient (Wildman–Crippen LogP) is 0.664. The molecule has 1 aromatic rings. The summed E-state index contributed by atoms with van der Waals surface area (Å²) >= 11 is 0. The molecule has 6 nitrogen and oxygen atoms in total. The maximum atomic E-state index is 12.0. The fraction of sp³-hybridized carbons (Fsp3) is 0.667. The normalized spacial score (nSPS) is 16.6. The minimum atomic E-state index is -0.440. The molecule has 0 spiro atoms. The Kier molecular flexibility index (Phi) is 3.98. The standard InChI is InChI=1S/C12H18N2O4/c1-14(6-11(15)8-3-4-8)12(16)10-5-9(7-17-2)18-13-10/h5,8,11,15H,3-4,6-7H2,1-2H3. The van der Waals surface area contributed by atoms with E-state index in [-0.39, 0.29) is 18.2 Å². The van der Waals surface area contributed by atoms with Crippen LogP contribution in [0.25, 0.3) is 0 Å². The van der Waals surface area contributed by atoms with Gasteiger partial charge < -0.3 is 19.3 Å². The van der Waals surface area contributed by atoms with E-state index >= 15 is 0 Å². The molecule has 0 bridgehead atoms. The molecular formula is C12H18N2O4. The molecule has 0 aromatic carbocycles. The maximum absolute atomic E-state index is 12.0. The van der Waals surface area contributed by atoms with Crippen molar-refractivity contribution in [3.63, 3.8) is 0 Å². The zero-order valence-electron chi connectivity index (χ0n) is 10.6. The summed E-state index contributed by atoms with van der Waals surface area (Å²) in [5, 5.41) is 13.5. The van der Waals surface area contributed by atoms with Crippen LogP contribution < -0.4 is 0 Å². The Labute approximate surface area is 106 Å². The minimum Gasteiger partial charge on any atom is -0.391 e. The monoisotopic (exact) mass is 254 g/mol. The largest absolute Gasteiger partial charge is 0.391 e. The number of carbonyl (C=O) groups is 1. The quantitative estimate of drug-likeness (QED) is 0.807. The van der Waals surface area contributed by atoms with Crippen molar-refractivity contribution in [2.45, 2.75) is 25.6 Å². The zero-order chi connectivity index (χ0) is 13.1. The van der Waals surface area contributed by atoms with Crippen LogP contribution in [0.2, 0.25) is 0 Å². The molecule has 2 rings (SSSR count). The van der Waals surface area contributed by atoms with Crippen LogP contribution in [0.5, 0.6) is 0 Å². The Morgan fingerprint density at radius 1 is 1.72 bits per heavy atom. The van der Waals surface area contributed by atoms with Crippen molar-refractivity contribution in [1.82, 2.24) is 10.1 Å². The number of carbonyl (C=O) groups excluding carboxylic acids is 1. The lowest BCUT2D eigenvalue weighted by Gasteiger charge is -2.19. The molecule has 0 saturated heterocycles. The van der Waals surface area contributed by atoms with E-state index in [1.54, 1.807) is 20.2 Å². The minimum absolute atomic E-state index is 0.243. The number of hydrogen-bond acceptors (Lipinski definition) is 5. The van der Waals surface area contributed by atoms with Gasteiger partial charge in [0.05, 0.1) is 6.10 Å². The highest BCUT2D eigenvalue weighted by Gasteiger charge is 2.31. The van der Waals surface area contributed by atoms with Gasteiger partial charge in [-0.3, -0.25) is 4.79 Å². The van der Waals surface area contributed by atoms with Crippen molar-refractivity contribution < 1.29 is 19.2 Å². The second-order valence-electron chi connectivity index (χ2n) is 4.70. The highest BCUT2D eigenvalue weighted by molar-refractivity contribution is 5.92. The average molecular weight is 254 g/mol. The fourth-order valence-electron chi connectivity index (χ4n) is 1.81. The van der Waals surface area contributed by atoms with Crippen LogP contribution >= 0.6 is 0 Å². The first-order valence-electron chi connectivity index (χ1n) is 6.00. The second kappa shape index (κ2) is 5.49. The summed E-state index contributed by atoms with van der Waals surface area (Å²) in [4.78, 5) is 13.5. The van der Waals surface area contributed by atoms with Crippen LogP contribution in [0, 0.1) is 5.92 Å². The molecule has 1 unspecified atom stereocenters. The van der Waals surface area contributed by atoms with Crippen molar-refractivity contribution in [2.24, 2.45) is 5.92 Å². The van der Waals surface area contributed by atoms with Gasteiger partial charge >= 0.3 is 0 Å². The van der Waals surface area contributed by atoms with E-state index in [2.05, 4.69) is 5.16 Å². The van der Waals surface area contributed by atoms with Gasteiger partial charge in [-0.25, -0.2) is 0 Å². The lowest BCUT2D eigenvalue weighted by molar-refractivity contribution is 0.0636. The number of nitrogens with zero attached hydrogens (tertiary/aromatic N) is 2. The van der Waals surface area contributed by atoms with E-state index < -0.39 is 6.10 Å². The van der Waals surface area contributed by atoms with Crippen LogP contribution in [0.4, 0.5) is 0 Å². The van der Waals surface area contributed by atoms with E-state index in [9.17, 15) is 9.90 Å². The van der Waals surface area contributed by atoms with Gasteiger partial charge in [0.2, 0.25) is 0 Å². The molecule has 0 aliphatic heterocycles. The van der Waals surface area contributed by atoms with Crippen molar-refractivity contribution in [3.8, 4) is 0 Å². The first-order chi connectivity index (χ1) is 8.61. The average Bonchev–Trinajstić information content (AvgIpc) is 3.10. The molecule has 6 heteroatoms. The summed E-state index contributed by atoms with van der Waals surface area (Å²) in [7, 11) is 3.20. The fourth-order valence-corrected chi connectivity index (χ4v) is 1.81. The van der Waals surface area contributed by atoms with Crippen LogP contribution in [-0.4, -0.2) is 47.9 Å². The van der Waals surface area contributed by atoms with Gasteiger partial charge in [-0.05, 0) is 18.8 Å². The smallest absolute Gasteiger partial charge is 0.275 e. The Balaban J connectivity index is 1.91. The third-order valence-corrected chi connectivity index (χ3v) is 3.04. The molecule has 1 aromatic heterocycles. The van der Waals surface area contributed by atoms with E-state index in [1.165, 1.54) is 4.90 Å². The number of methoxy groups -OCH3 is 1. The van der Waals surface area contributed by atoms with Crippen molar-refractivity contribution in [1.29, 1.82) is 0 Å². The molecule has 100 valence electrons. The Bertz CT molecular complexity index is 414. The number of aromatic nitrogens is 1. The first kappa shape index (κ1) is 13.0. The number of likely N-dealkylation sites (N-methyl/N-ethyl adjacent to an activating group) is 1. The number of aliphatic hydroxyl groups is 1. The van der Waals surface area contributed by atoms with Crippen LogP contribution in [-0.2, 0) is 11.3 Å². The van der Waals surface area contributed by atoms with Crippen molar-refractivity contribution >= 4 is 5.91 Å². The van der Waals surface area contributed by atoms with Gasteiger partial charge in [-0.2, -0.15) is 0 Å². The summed E-state index contributed by atoms with van der Waals surface area (Å²) in [6, 6.07) is 1.56. The first-order valence-corrected chi connectivity index (χ1v) is 6.00. The lowest BCUT2D eigenvalue weighted by Crippen LogP contribution is -2.35. The lowest BCUT2D eigenvalue weighted by atomic mass is 10.2. The van der Waals surface area contributed by atoms with E-state index in [1.807, 2.05) is 0 Å². The molecule has 1 heterocycles. The topological polar surface area (TPSA) is 75.8 Å². The summed E-state index contributed by atoms with van der Waals surface area (Å²) in [6.45, 7) is 0.616. The SMILES string of the molecule is COCc1cc(C(=O)N(C)CC(O)C2CC2)no1. The number of aliphatic hydroxyl groups excluding tert-OH is 1. The molecule has 1 aliphatic carbocycles. The highest BCUT2D eigenvalue weighted by atomic mass is 16.5. The third-order valence-electron chi connectivity index (χ3n) is 3.04. The van der Waals surface area contributed by atoms with Crippen LogP contribution in [0.3, 0.4) is 0 Å². The molecule has 1 saturated carbocycles. The van der Waals surface area contributed by atoms with Gasteiger partial charge in [0.1, 0.15) is 6.61 Å². The van der Waals surface area contributed by atoms with Gasteiger partial charge in [0.15, 0.2) is 11.5 Å². The Morgan fingerprint density at radius 2 is 2.44 bits per heavy atom. The zero-order valence-corrected chi connectivity index (χ0v) is 10.6. The van der Waals surface area contributed by atoms with Gasteiger partial charge in [0.25, 0.3) is 5.91 Å². The molecule has 0 radical (unpaired) electrons. The van der Waals surface area contributed by atoms with Gasteiger partial charge in [0, 0.05) is 26.8 Å². The predicted molar refractivity (Wildman–Crippen MR) is 62.9 cm³/mol. The van der Waals surface area contributed by atoms with Crippen LogP contribution in [0.1, 0.15) is 29.1 Å². The summed E-state index contributed by atoms with van der Waals surface area (Å²) < 4.78 is 9.84. The summed E-state index contributed by atoms with van der Waals surface area (Å²) in [6.07, 6.45) is 1.65. The highest BCUT2D eigenvalue weighted by Crippen LogP contribution is 2.32. The van der Waals surface area contributed by atoms with Crippen molar-refractivity contribution in [2.75, 3.05) is 20.7 Å². The number of ether oxygens (including phenoxy) is 1. The number of hydrogen-bond donors (Lipinski definition) is 1. The Hall–Kier alpha value is -1.40. The molecule has 1 N–H and O–H groups in total. The molecule has 1 fully saturated rings. The van der Waals surface area contributed by atoms with Crippen LogP contribution in [0.15, 0.2) is 10.6 Å². The number of rotatable bonds is 6. The summed E-state index contributed by atoms with van der Waals surface area (Å²) in [5.41, 5.74) is 0.243. The molecule has 18 heavy (non-hydrogen) atoms. The molecule has 1 aliphatic rings. The van der Waals surface area contributed by atoms with Gasteiger partial charge in [-0.15, -0.1) is 0 Å². The Morgan fingerprint density at radius 3 is 3.06 bits per heavy atom. The number of amides is 1. The van der Waals surface area contributed by atoms with E-state index in [0.29, 0.717) is 18.2 Å².